The zero-order valence-corrected chi connectivity index (χ0v) is 12.9. The van der Waals surface area contributed by atoms with Crippen LogP contribution >= 0.6 is 12.2 Å². The van der Waals surface area contributed by atoms with E-state index in [4.69, 9.17) is 17.0 Å². The van der Waals surface area contributed by atoms with Gasteiger partial charge in [-0.1, -0.05) is 6.92 Å². The number of rotatable bonds is 6. The van der Waals surface area contributed by atoms with Crippen LogP contribution in [0.4, 0.5) is 0 Å². The molecule has 20 heavy (non-hydrogen) atoms. The van der Waals surface area contributed by atoms with Crippen LogP contribution in [0.25, 0.3) is 0 Å². The van der Waals surface area contributed by atoms with Crippen LogP contribution in [-0.2, 0) is 22.5 Å². The molecule has 1 aliphatic rings. The molecule has 1 aromatic rings. The maximum absolute atomic E-state index is 12.0. The Morgan fingerprint density at radius 3 is 3.10 bits per heavy atom. The predicted octanol–water partition coefficient (Wildman–Crippen LogP) is 1.58. The van der Waals surface area contributed by atoms with Crippen LogP contribution < -0.4 is 5.32 Å². The topological polar surface area (TPSA) is 71.9 Å². The Morgan fingerprint density at radius 2 is 2.45 bits per heavy atom. The molecule has 1 fully saturated rings. The van der Waals surface area contributed by atoms with E-state index in [9.17, 15) is 4.79 Å². The molecule has 112 valence electrons. The van der Waals surface area contributed by atoms with Gasteiger partial charge in [-0.15, -0.1) is 0 Å². The highest BCUT2D eigenvalue weighted by Gasteiger charge is 2.30. The number of hydrogen-bond donors (Lipinski definition) is 2. The second-order valence-corrected chi connectivity index (χ2v) is 5.85. The fourth-order valence-corrected chi connectivity index (χ4v) is 2.60. The number of hydrogen-bond acceptors (Lipinski definition) is 4. The van der Waals surface area contributed by atoms with Crippen molar-refractivity contribution in [1.29, 1.82) is 0 Å². The van der Waals surface area contributed by atoms with Gasteiger partial charge in [0, 0.05) is 19.6 Å². The summed E-state index contributed by atoms with van der Waals surface area (Å²) in [6, 6.07) is 0. The van der Waals surface area contributed by atoms with Crippen molar-refractivity contribution in [2.45, 2.75) is 51.7 Å². The van der Waals surface area contributed by atoms with Crippen molar-refractivity contribution in [2.75, 3.05) is 13.2 Å². The first kappa shape index (κ1) is 15.2. The Labute approximate surface area is 123 Å². The van der Waals surface area contributed by atoms with Crippen molar-refractivity contribution >= 4 is 18.1 Å². The lowest BCUT2D eigenvalue weighted by Gasteiger charge is -2.23. The third-order valence-electron chi connectivity index (χ3n) is 3.57. The highest BCUT2D eigenvalue weighted by molar-refractivity contribution is 7.71. The number of carbonyl (C=O) groups excluding carboxylic acids is 1. The van der Waals surface area contributed by atoms with Gasteiger partial charge in [-0.3, -0.25) is 14.5 Å². The zero-order valence-electron chi connectivity index (χ0n) is 12.1. The molecule has 1 aliphatic heterocycles. The van der Waals surface area contributed by atoms with E-state index in [1.165, 1.54) is 0 Å². The van der Waals surface area contributed by atoms with E-state index in [0.717, 1.165) is 38.1 Å². The summed E-state index contributed by atoms with van der Waals surface area (Å²) in [5.74, 6) is 0.771. The molecule has 0 bridgehead atoms. The number of amides is 1. The minimum absolute atomic E-state index is 0.0587. The molecule has 1 saturated heterocycles. The molecule has 1 amide bonds. The lowest BCUT2D eigenvalue weighted by atomic mass is 10.0. The Hall–Kier alpha value is -1.21. The second kappa shape index (κ2) is 6.49. The maximum Gasteiger partial charge on any atom is 0.240 e. The predicted molar refractivity (Wildman–Crippen MR) is 78.0 cm³/mol. The molecule has 0 aliphatic carbocycles. The van der Waals surface area contributed by atoms with Gasteiger partial charge in [0.25, 0.3) is 0 Å². The molecule has 6 nitrogen and oxygen atoms in total. The lowest BCUT2D eigenvalue weighted by molar-refractivity contribution is -0.123. The fourth-order valence-electron chi connectivity index (χ4n) is 2.39. The summed E-state index contributed by atoms with van der Waals surface area (Å²) >= 11 is 5.16. The van der Waals surface area contributed by atoms with Crippen molar-refractivity contribution in [3.05, 3.63) is 10.6 Å². The quantitative estimate of drug-likeness (QED) is 0.782. The molecule has 0 unspecified atom stereocenters. The van der Waals surface area contributed by atoms with Gasteiger partial charge in [-0.05, 0) is 38.4 Å². The normalized spacial score (nSPS) is 22.1. The van der Waals surface area contributed by atoms with Crippen molar-refractivity contribution in [3.63, 3.8) is 0 Å². The van der Waals surface area contributed by atoms with E-state index in [1.807, 2.05) is 6.92 Å². The first-order valence-electron chi connectivity index (χ1n) is 7.09. The number of aryl methyl sites for hydroxylation is 1. The van der Waals surface area contributed by atoms with Crippen molar-refractivity contribution < 1.29 is 9.53 Å². The number of nitrogens with zero attached hydrogens (tertiary/aromatic N) is 2. The molecule has 2 N–H and O–H groups in total. The molecule has 1 aromatic heterocycles. The summed E-state index contributed by atoms with van der Waals surface area (Å²) in [7, 11) is 0. The molecule has 2 heterocycles. The molecule has 0 spiro atoms. The van der Waals surface area contributed by atoms with E-state index >= 15 is 0 Å². The molecule has 2 rings (SSSR count). The average molecular weight is 298 g/mol. The largest absolute Gasteiger partial charge is 0.373 e. The van der Waals surface area contributed by atoms with E-state index in [1.54, 1.807) is 4.57 Å². The highest BCUT2D eigenvalue weighted by atomic mass is 32.1. The zero-order chi connectivity index (χ0) is 14.6. The summed E-state index contributed by atoms with van der Waals surface area (Å²) in [5, 5.41) is 9.82. The highest BCUT2D eigenvalue weighted by Crippen LogP contribution is 2.23. The van der Waals surface area contributed by atoms with Crippen LogP contribution in [0.1, 0.15) is 38.9 Å². The number of H-pyrrole nitrogens is 1. The molecule has 0 saturated carbocycles. The number of aromatic amines is 1. The number of carbonyl (C=O) groups is 1. The fraction of sp³-hybridized carbons (Fsp3) is 0.769. The van der Waals surface area contributed by atoms with Gasteiger partial charge in [0.15, 0.2) is 4.77 Å². The van der Waals surface area contributed by atoms with Crippen molar-refractivity contribution in [3.8, 4) is 0 Å². The molecular formula is C13H22N4O2S. The molecule has 0 aromatic carbocycles. The first-order chi connectivity index (χ1) is 9.54. The molecular weight excluding hydrogens is 276 g/mol. The van der Waals surface area contributed by atoms with Gasteiger partial charge in [0.1, 0.15) is 12.4 Å². The van der Waals surface area contributed by atoms with E-state index < -0.39 is 0 Å². The molecule has 1 atom stereocenters. The van der Waals surface area contributed by atoms with Gasteiger partial charge in [0.05, 0.1) is 5.60 Å². The van der Waals surface area contributed by atoms with Crippen LogP contribution in [0.2, 0.25) is 0 Å². The SMILES string of the molecule is CCCc1n[nH]c(=S)n1CC(=O)NC[C@]1(C)CCCO1. The van der Waals surface area contributed by atoms with Crippen LogP contribution in [0.3, 0.4) is 0 Å². The van der Waals surface area contributed by atoms with Crippen LogP contribution in [0.15, 0.2) is 0 Å². The number of ether oxygens (including phenoxy) is 1. The molecule has 0 radical (unpaired) electrons. The van der Waals surface area contributed by atoms with E-state index in [2.05, 4.69) is 22.4 Å². The minimum Gasteiger partial charge on any atom is -0.373 e. The van der Waals surface area contributed by atoms with Crippen LogP contribution in [-0.4, -0.2) is 39.4 Å². The lowest BCUT2D eigenvalue weighted by Crippen LogP contribution is -2.41. The summed E-state index contributed by atoms with van der Waals surface area (Å²) in [4.78, 5) is 12.0. The summed E-state index contributed by atoms with van der Waals surface area (Å²) in [6.07, 6.45) is 3.81. The third kappa shape index (κ3) is 3.67. The standard InChI is InChI=1S/C13H22N4O2S/c1-3-5-10-15-16-12(20)17(10)8-11(18)14-9-13(2)6-4-7-19-13/h3-9H2,1-2H3,(H,14,18)(H,16,20)/t13-/m0/s1. The molecule has 7 heteroatoms. The van der Waals surface area contributed by atoms with Gasteiger partial charge < -0.3 is 10.1 Å². The van der Waals surface area contributed by atoms with Gasteiger partial charge in [-0.25, -0.2) is 0 Å². The smallest absolute Gasteiger partial charge is 0.240 e. The van der Waals surface area contributed by atoms with Crippen molar-refractivity contribution in [1.82, 2.24) is 20.1 Å². The summed E-state index contributed by atoms with van der Waals surface area (Å²) in [5.41, 5.74) is -0.222. The maximum atomic E-state index is 12.0. The monoisotopic (exact) mass is 298 g/mol. The van der Waals surface area contributed by atoms with Gasteiger partial charge >= 0.3 is 0 Å². The van der Waals surface area contributed by atoms with Crippen LogP contribution in [0, 0.1) is 4.77 Å². The Balaban J connectivity index is 1.91. The summed E-state index contributed by atoms with van der Waals surface area (Å²) in [6.45, 7) is 5.63. The van der Waals surface area contributed by atoms with Crippen LogP contribution in [0.5, 0.6) is 0 Å². The van der Waals surface area contributed by atoms with Gasteiger partial charge in [-0.2, -0.15) is 5.10 Å². The van der Waals surface area contributed by atoms with Crippen molar-refractivity contribution in [2.24, 2.45) is 0 Å². The summed E-state index contributed by atoms with van der Waals surface area (Å²) < 4.78 is 7.90. The second-order valence-electron chi connectivity index (χ2n) is 5.46. The minimum atomic E-state index is -0.222. The van der Waals surface area contributed by atoms with Gasteiger partial charge in [0.2, 0.25) is 5.91 Å². The number of aromatic nitrogens is 3. The van der Waals surface area contributed by atoms with E-state index in [0.29, 0.717) is 11.3 Å². The Kier molecular flexibility index (Phi) is 4.93. The third-order valence-corrected chi connectivity index (χ3v) is 3.88. The number of nitrogens with one attached hydrogen (secondary N) is 2. The van der Waals surface area contributed by atoms with E-state index in [-0.39, 0.29) is 18.1 Å². The first-order valence-corrected chi connectivity index (χ1v) is 7.49. The Bertz CT molecular complexity index is 517. The average Bonchev–Trinajstić information content (AvgIpc) is 2.98. The Morgan fingerprint density at radius 1 is 1.65 bits per heavy atom.